The van der Waals surface area contributed by atoms with Gasteiger partial charge in [-0.05, 0) is 91.3 Å². The van der Waals surface area contributed by atoms with Crippen molar-refractivity contribution < 1.29 is 4.42 Å². The summed E-state index contributed by atoms with van der Waals surface area (Å²) in [5, 5.41) is 7.15. The summed E-state index contributed by atoms with van der Waals surface area (Å²) in [6.45, 7) is 0. The first-order chi connectivity index (χ1) is 25.8. The van der Waals surface area contributed by atoms with Gasteiger partial charge >= 0.3 is 0 Å². The summed E-state index contributed by atoms with van der Waals surface area (Å²) in [7, 11) is 0. The van der Waals surface area contributed by atoms with Crippen LogP contribution >= 0.6 is 0 Å². The summed E-state index contributed by atoms with van der Waals surface area (Å²) in [5.41, 5.74) is 12.1. The first kappa shape index (κ1) is 30.0. The second-order valence-corrected chi connectivity index (χ2v) is 13.3. The third-order valence-corrected chi connectivity index (χ3v) is 10.3. The van der Waals surface area contributed by atoms with Crippen LogP contribution in [0.15, 0.2) is 205 Å². The van der Waals surface area contributed by atoms with Crippen molar-refractivity contribution in [2.45, 2.75) is 0 Å². The molecule has 9 aromatic carbocycles. The standard InChI is InChI=1S/C50H33NO/c1-3-12-34(13-4-1)35-24-29-40(30-25-35)51(46-23-11-22-45-49-44-19-8-7-16-37(44)28-33-47(49)52-50(45)46)41-31-26-38(27-32-41)43-21-10-18-39-17-9-20-42(48(39)43)36-14-5-2-6-15-36/h1-33H. The lowest BCUT2D eigenvalue weighted by Gasteiger charge is -2.26. The number of fused-ring (bicyclic) bond motifs is 6. The van der Waals surface area contributed by atoms with E-state index >= 15 is 0 Å². The predicted octanol–water partition coefficient (Wildman–Crippen LogP) is 14.4. The molecule has 52 heavy (non-hydrogen) atoms. The van der Waals surface area contributed by atoms with E-state index in [1.54, 1.807) is 0 Å². The summed E-state index contributed by atoms with van der Waals surface area (Å²) in [6, 6.07) is 71.5. The number of rotatable bonds is 6. The van der Waals surface area contributed by atoms with E-state index in [4.69, 9.17) is 4.42 Å². The molecule has 0 amide bonds. The Morgan fingerprint density at radius 3 is 1.54 bits per heavy atom. The third-order valence-electron chi connectivity index (χ3n) is 10.3. The molecule has 0 N–H and O–H groups in total. The normalized spacial score (nSPS) is 11.5. The largest absolute Gasteiger partial charge is 0.454 e. The fourth-order valence-electron chi connectivity index (χ4n) is 7.82. The number of benzene rings is 9. The maximum absolute atomic E-state index is 6.76. The number of hydrogen-bond donors (Lipinski definition) is 0. The molecule has 10 aromatic rings. The molecule has 10 rings (SSSR count). The van der Waals surface area contributed by atoms with E-state index in [1.165, 1.54) is 54.9 Å². The second-order valence-electron chi connectivity index (χ2n) is 13.3. The minimum Gasteiger partial charge on any atom is -0.454 e. The Hall–Kier alpha value is -6.90. The molecule has 0 aliphatic rings. The van der Waals surface area contributed by atoms with Crippen molar-refractivity contribution in [1.82, 2.24) is 0 Å². The summed E-state index contributed by atoms with van der Waals surface area (Å²) >= 11 is 0. The fourth-order valence-corrected chi connectivity index (χ4v) is 7.82. The van der Waals surface area contributed by atoms with E-state index in [1.807, 2.05) is 0 Å². The summed E-state index contributed by atoms with van der Waals surface area (Å²) in [5.74, 6) is 0. The Morgan fingerprint density at radius 2 is 0.846 bits per heavy atom. The number of hydrogen-bond acceptors (Lipinski definition) is 2. The minimum atomic E-state index is 0.867. The lowest BCUT2D eigenvalue weighted by Crippen LogP contribution is -2.10. The molecule has 1 heterocycles. The quantitative estimate of drug-likeness (QED) is 0.176. The van der Waals surface area contributed by atoms with Gasteiger partial charge in [0.25, 0.3) is 0 Å². The topological polar surface area (TPSA) is 16.4 Å². The number of anilines is 3. The van der Waals surface area contributed by atoms with Gasteiger partial charge < -0.3 is 9.32 Å². The van der Waals surface area contributed by atoms with Crippen LogP contribution in [0.5, 0.6) is 0 Å². The molecule has 244 valence electrons. The van der Waals surface area contributed by atoms with Crippen LogP contribution < -0.4 is 4.90 Å². The second kappa shape index (κ2) is 12.5. The number of para-hydroxylation sites is 1. The van der Waals surface area contributed by atoms with Gasteiger partial charge in [0.2, 0.25) is 0 Å². The lowest BCUT2D eigenvalue weighted by molar-refractivity contribution is 0.669. The van der Waals surface area contributed by atoms with Crippen molar-refractivity contribution in [1.29, 1.82) is 0 Å². The molecule has 2 nitrogen and oxygen atoms in total. The molecule has 1 aromatic heterocycles. The van der Waals surface area contributed by atoms with Crippen molar-refractivity contribution in [3.05, 3.63) is 200 Å². The first-order valence-electron chi connectivity index (χ1n) is 17.8. The van der Waals surface area contributed by atoms with Gasteiger partial charge in [-0.2, -0.15) is 0 Å². The highest BCUT2D eigenvalue weighted by molar-refractivity contribution is 6.21. The molecule has 0 atom stereocenters. The molecular weight excluding hydrogens is 631 g/mol. The van der Waals surface area contributed by atoms with Gasteiger partial charge in [0.15, 0.2) is 5.58 Å². The number of nitrogens with zero attached hydrogens (tertiary/aromatic N) is 1. The molecule has 0 spiro atoms. The predicted molar refractivity (Wildman–Crippen MR) is 220 cm³/mol. The Kier molecular flexibility index (Phi) is 7.18. The van der Waals surface area contributed by atoms with Crippen LogP contribution in [0.2, 0.25) is 0 Å². The van der Waals surface area contributed by atoms with Crippen molar-refractivity contribution in [3.8, 4) is 33.4 Å². The molecule has 0 radical (unpaired) electrons. The Balaban J connectivity index is 1.14. The Labute approximate surface area is 302 Å². The van der Waals surface area contributed by atoms with Crippen LogP contribution in [0, 0.1) is 0 Å². The van der Waals surface area contributed by atoms with Gasteiger partial charge in [-0.1, -0.05) is 164 Å². The third kappa shape index (κ3) is 5.04. The van der Waals surface area contributed by atoms with Gasteiger partial charge in [-0.3, -0.25) is 0 Å². The molecule has 0 aliphatic heterocycles. The van der Waals surface area contributed by atoms with Gasteiger partial charge in [0.1, 0.15) is 5.58 Å². The molecule has 0 unspecified atom stereocenters. The van der Waals surface area contributed by atoms with Gasteiger partial charge in [0, 0.05) is 22.1 Å². The van der Waals surface area contributed by atoms with Crippen LogP contribution in [0.3, 0.4) is 0 Å². The van der Waals surface area contributed by atoms with E-state index in [2.05, 4.69) is 205 Å². The first-order valence-corrected chi connectivity index (χ1v) is 17.8. The van der Waals surface area contributed by atoms with Gasteiger partial charge in [-0.25, -0.2) is 0 Å². The van der Waals surface area contributed by atoms with E-state index in [0.29, 0.717) is 0 Å². The molecule has 2 heteroatoms. The molecule has 0 fully saturated rings. The van der Waals surface area contributed by atoms with Gasteiger partial charge in [0.05, 0.1) is 5.69 Å². The Morgan fingerprint density at radius 1 is 0.327 bits per heavy atom. The highest BCUT2D eigenvalue weighted by Crippen LogP contribution is 2.45. The smallest absolute Gasteiger partial charge is 0.159 e. The molecule has 0 bridgehead atoms. The van der Waals surface area contributed by atoms with E-state index in [0.717, 1.165) is 39.0 Å². The monoisotopic (exact) mass is 663 g/mol. The molecule has 0 aliphatic carbocycles. The van der Waals surface area contributed by atoms with Crippen molar-refractivity contribution in [2.75, 3.05) is 4.90 Å². The zero-order valence-electron chi connectivity index (χ0n) is 28.4. The zero-order valence-corrected chi connectivity index (χ0v) is 28.4. The van der Waals surface area contributed by atoms with Crippen LogP contribution in [0.25, 0.3) is 76.9 Å². The SMILES string of the molecule is c1ccc(-c2ccc(N(c3ccc(-c4cccc5cccc(-c6ccccc6)c45)cc3)c3cccc4c3oc3ccc5ccccc5c34)cc2)cc1. The maximum Gasteiger partial charge on any atom is 0.159 e. The molecular formula is C50H33NO. The highest BCUT2D eigenvalue weighted by atomic mass is 16.3. The van der Waals surface area contributed by atoms with E-state index in [9.17, 15) is 0 Å². The summed E-state index contributed by atoms with van der Waals surface area (Å²) < 4.78 is 6.76. The average molecular weight is 664 g/mol. The van der Waals surface area contributed by atoms with Crippen LogP contribution in [-0.2, 0) is 0 Å². The highest BCUT2D eigenvalue weighted by Gasteiger charge is 2.21. The molecule has 0 saturated heterocycles. The summed E-state index contributed by atoms with van der Waals surface area (Å²) in [6.07, 6.45) is 0. The fraction of sp³-hybridized carbons (Fsp3) is 0. The van der Waals surface area contributed by atoms with Crippen LogP contribution in [0.1, 0.15) is 0 Å². The van der Waals surface area contributed by atoms with Crippen molar-refractivity contribution in [3.63, 3.8) is 0 Å². The zero-order chi connectivity index (χ0) is 34.4. The van der Waals surface area contributed by atoms with Crippen molar-refractivity contribution in [2.24, 2.45) is 0 Å². The van der Waals surface area contributed by atoms with E-state index in [-0.39, 0.29) is 0 Å². The van der Waals surface area contributed by atoms with E-state index < -0.39 is 0 Å². The lowest BCUT2D eigenvalue weighted by atomic mass is 9.91. The summed E-state index contributed by atoms with van der Waals surface area (Å²) in [4.78, 5) is 2.32. The minimum absolute atomic E-state index is 0.867. The Bertz CT molecular complexity index is 2870. The average Bonchev–Trinajstić information content (AvgIpc) is 3.62. The van der Waals surface area contributed by atoms with Gasteiger partial charge in [-0.15, -0.1) is 0 Å². The molecule has 0 saturated carbocycles. The van der Waals surface area contributed by atoms with Crippen LogP contribution in [0.4, 0.5) is 17.1 Å². The maximum atomic E-state index is 6.76. The number of furan rings is 1. The van der Waals surface area contributed by atoms with Crippen molar-refractivity contribution >= 4 is 60.5 Å². The van der Waals surface area contributed by atoms with Crippen LogP contribution in [-0.4, -0.2) is 0 Å².